The highest BCUT2D eigenvalue weighted by Crippen LogP contribution is 2.36. The molecule has 0 unspecified atom stereocenters. The SMILES string of the molecule is CNCc1coc(Oc2cc(Cl)c(Cl)cc2Cl)n1. The van der Waals surface area contributed by atoms with Gasteiger partial charge in [0.2, 0.25) is 0 Å². The van der Waals surface area contributed by atoms with Gasteiger partial charge in [0.05, 0.1) is 20.8 Å². The Bertz CT molecular complexity index is 557. The lowest BCUT2D eigenvalue weighted by Crippen LogP contribution is -2.04. The van der Waals surface area contributed by atoms with Gasteiger partial charge in [-0.25, -0.2) is 0 Å². The van der Waals surface area contributed by atoms with E-state index in [1.807, 2.05) is 7.05 Å². The fourth-order valence-corrected chi connectivity index (χ4v) is 1.85. The van der Waals surface area contributed by atoms with Crippen molar-refractivity contribution in [3.8, 4) is 11.8 Å². The van der Waals surface area contributed by atoms with Crippen LogP contribution in [0.15, 0.2) is 22.8 Å². The van der Waals surface area contributed by atoms with Crippen LogP contribution in [-0.2, 0) is 6.54 Å². The number of hydrogen-bond donors (Lipinski definition) is 1. The lowest BCUT2D eigenvalue weighted by Gasteiger charge is -2.04. The molecule has 0 atom stereocenters. The number of rotatable bonds is 4. The van der Waals surface area contributed by atoms with Crippen LogP contribution in [0.25, 0.3) is 0 Å². The van der Waals surface area contributed by atoms with Crippen LogP contribution in [0.2, 0.25) is 15.1 Å². The van der Waals surface area contributed by atoms with E-state index in [4.69, 9.17) is 44.0 Å². The molecule has 18 heavy (non-hydrogen) atoms. The molecule has 0 aliphatic rings. The lowest BCUT2D eigenvalue weighted by atomic mass is 10.3. The second kappa shape index (κ2) is 5.80. The molecule has 1 N–H and O–H groups in total. The number of halogens is 3. The van der Waals surface area contributed by atoms with Gasteiger partial charge < -0.3 is 14.5 Å². The summed E-state index contributed by atoms with van der Waals surface area (Å²) in [7, 11) is 1.81. The Morgan fingerprint density at radius 3 is 2.67 bits per heavy atom. The Morgan fingerprint density at radius 1 is 1.22 bits per heavy atom. The van der Waals surface area contributed by atoms with Crippen LogP contribution in [0.1, 0.15) is 5.69 Å². The van der Waals surface area contributed by atoms with Gasteiger partial charge in [-0.1, -0.05) is 34.8 Å². The molecule has 0 saturated heterocycles. The van der Waals surface area contributed by atoms with E-state index in [-0.39, 0.29) is 6.08 Å². The summed E-state index contributed by atoms with van der Waals surface area (Å²) in [5.74, 6) is 0.337. The summed E-state index contributed by atoms with van der Waals surface area (Å²) in [5, 5.41) is 3.98. The van der Waals surface area contributed by atoms with Crippen molar-refractivity contribution in [2.24, 2.45) is 0 Å². The summed E-state index contributed by atoms with van der Waals surface area (Å²) < 4.78 is 10.5. The minimum absolute atomic E-state index is 0.0977. The topological polar surface area (TPSA) is 47.3 Å². The highest BCUT2D eigenvalue weighted by molar-refractivity contribution is 6.43. The Balaban J connectivity index is 2.20. The van der Waals surface area contributed by atoms with Crippen molar-refractivity contribution in [3.05, 3.63) is 39.2 Å². The van der Waals surface area contributed by atoms with E-state index in [1.165, 1.54) is 18.4 Å². The molecule has 1 aromatic heterocycles. The Morgan fingerprint density at radius 2 is 1.94 bits per heavy atom. The smallest absolute Gasteiger partial charge is 0.399 e. The molecule has 2 aromatic rings. The maximum Gasteiger partial charge on any atom is 0.399 e. The van der Waals surface area contributed by atoms with Crippen LogP contribution >= 0.6 is 34.8 Å². The zero-order valence-corrected chi connectivity index (χ0v) is 11.6. The summed E-state index contributed by atoms with van der Waals surface area (Å²) >= 11 is 17.7. The lowest BCUT2D eigenvalue weighted by molar-refractivity contribution is 0.331. The number of hydrogen-bond acceptors (Lipinski definition) is 4. The van der Waals surface area contributed by atoms with Crippen LogP contribution in [0.4, 0.5) is 0 Å². The van der Waals surface area contributed by atoms with Gasteiger partial charge in [-0.15, -0.1) is 0 Å². The first-order chi connectivity index (χ1) is 8.60. The maximum absolute atomic E-state index is 5.97. The Kier molecular flexibility index (Phi) is 4.35. The number of aromatic nitrogens is 1. The number of ether oxygens (including phenoxy) is 1. The molecule has 0 bridgehead atoms. The van der Waals surface area contributed by atoms with E-state index in [0.717, 1.165) is 5.69 Å². The van der Waals surface area contributed by atoms with Crippen molar-refractivity contribution < 1.29 is 9.15 Å². The van der Waals surface area contributed by atoms with E-state index in [2.05, 4.69) is 10.3 Å². The van der Waals surface area contributed by atoms with Gasteiger partial charge >= 0.3 is 6.08 Å². The van der Waals surface area contributed by atoms with Gasteiger partial charge in [0.1, 0.15) is 6.26 Å². The number of benzene rings is 1. The standard InChI is InChI=1S/C11H9Cl3N2O2/c1-15-4-6-5-17-11(16-6)18-10-3-8(13)7(12)2-9(10)14/h2-3,5,15H,4H2,1H3. The molecule has 0 amide bonds. The minimum atomic E-state index is 0.0977. The molecular formula is C11H9Cl3N2O2. The first-order valence-electron chi connectivity index (χ1n) is 5.01. The maximum atomic E-state index is 5.97. The molecule has 0 aliphatic heterocycles. The summed E-state index contributed by atoms with van der Waals surface area (Å²) in [6.45, 7) is 0.585. The van der Waals surface area contributed by atoms with E-state index in [9.17, 15) is 0 Å². The monoisotopic (exact) mass is 306 g/mol. The highest BCUT2D eigenvalue weighted by Gasteiger charge is 2.11. The molecule has 4 nitrogen and oxygen atoms in total. The minimum Gasteiger partial charge on any atom is -0.417 e. The summed E-state index contributed by atoms with van der Waals surface area (Å²) in [6, 6.07) is 3.01. The van der Waals surface area contributed by atoms with Crippen LogP contribution in [0.5, 0.6) is 11.8 Å². The molecule has 1 heterocycles. The third-order valence-corrected chi connectivity index (χ3v) is 3.08. The largest absolute Gasteiger partial charge is 0.417 e. The molecule has 0 saturated carbocycles. The average molecular weight is 308 g/mol. The first kappa shape index (κ1) is 13.5. The van der Waals surface area contributed by atoms with Crippen molar-refractivity contribution in [2.75, 3.05) is 7.05 Å². The molecule has 7 heteroatoms. The zero-order chi connectivity index (χ0) is 13.1. The molecule has 2 rings (SSSR count). The fourth-order valence-electron chi connectivity index (χ4n) is 1.27. The van der Waals surface area contributed by atoms with Crippen molar-refractivity contribution in [3.63, 3.8) is 0 Å². The van der Waals surface area contributed by atoms with Crippen LogP contribution in [0, 0.1) is 0 Å². The van der Waals surface area contributed by atoms with E-state index < -0.39 is 0 Å². The van der Waals surface area contributed by atoms with Crippen molar-refractivity contribution in [1.29, 1.82) is 0 Å². The van der Waals surface area contributed by atoms with Gasteiger partial charge in [0, 0.05) is 12.6 Å². The zero-order valence-electron chi connectivity index (χ0n) is 9.34. The molecule has 96 valence electrons. The second-order valence-corrected chi connectivity index (χ2v) is 4.66. The van der Waals surface area contributed by atoms with Crippen molar-refractivity contribution in [1.82, 2.24) is 10.3 Å². The van der Waals surface area contributed by atoms with Gasteiger partial charge in [-0.3, -0.25) is 0 Å². The normalized spacial score (nSPS) is 10.7. The summed E-state index contributed by atoms with van der Waals surface area (Å²) in [5.41, 5.74) is 0.726. The quantitative estimate of drug-likeness (QED) is 0.862. The molecule has 0 aliphatic carbocycles. The summed E-state index contributed by atoms with van der Waals surface area (Å²) in [4.78, 5) is 4.10. The highest BCUT2D eigenvalue weighted by atomic mass is 35.5. The Labute approximate surface area is 119 Å². The van der Waals surface area contributed by atoms with Crippen molar-refractivity contribution >= 4 is 34.8 Å². The van der Waals surface area contributed by atoms with E-state index in [0.29, 0.717) is 27.4 Å². The van der Waals surface area contributed by atoms with Crippen LogP contribution in [0.3, 0.4) is 0 Å². The van der Waals surface area contributed by atoms with Gasteiger partial charge in [-0.05, 0) is 13.1 Å². The van der Waals surface area contributed by atoms with Crippen LogP contribution < -0.4 is 10.1 Å². The second-order valence-electron chi connectivity index (χ2n) is 3.43. The number of nitrogens with zero attached hydrogens (tertiary/aromatic N) is 1. The predicted molar refractivity (Wildman–Crippen MR) is 70.8 cm³/mol. The Hall–Kier alpha value is -0.940. The number of oxazole rings is 1. The van der Waals surface area contributed by atoms with E-state index >= 15 is 0 Å². The predicted octanol–water partition coefficient (Wildman–Crippen LogP) is 4.15. The summed E-state index contributed by atoms with van der Waals surface area (Å²) in [6.07, 6.45) is 1.60. The molecule has 0 fully saturated rings. The molecule has 0 radical (unpaired) electrons. The van der Waals surface area contributed by atoms with E-state index in [1.54, 1.807) is 0 Å². The number of nitrogens with one attached hydrogen (secondary N) is 1. The van der Waals surface area contributed by atoms with Crippen LogP contribution in [-0.4, -0.2) is 12.0 Å². The molecule has 0 spiro atoms. The van der Waals surface area contributed by atoms with Gasteiger partial charge in [-0.2, -0.15) is 4.98 Å². The van der Waals surface area contributed by atoms with Gasteiger partial charge in [0.15, 0.2) is 5.75 Å². The molecular weight excluding hydrogens is 298 g/mol. The third-order valence-electron chi connectivity index (χ3n) is 2.06. The van der Waals surface area contributed by atoms with Gasteiger partial charge in [0.25, 0.3) is 0 Å². The average Bonchev–Trinajstić information content (AvgIpc) is 2.74. The fraction of sp³-hybridized carbons (Fsp3) is 0.182. The molecule has 1 aromatic carbocycles. The third kappa shape index (κ3) is 3.09. The van der Waals surface area contributed by atoms with Crippen molar-refractivity contribution in [2.45, 2.75) is 6.54 Å². The first-order valence-corrected chi connectivity index (χ1v) is 6.15.